The molecule has 0 amide bonds. The highest BCUT2D eigenvalue weighted by Crippen LogP contribution is 2.19. The number of hydrogen-bond acceptors (Lipinski definition) is 3. The maximum atomic E-state index is 11.7. The summed E-state index contributed by atoms with van der Waals surface area (Å²) in [6.45, 7) is 8.49. The van der Waals surface area contributed by atoms with Crippen LogP contribution in [0.25, 0.3) is 0 Å². The molecule has 1 aliphatic rings. The fourth-order valence-electron chi connectivity index (χ4n) is 1.73. The van der Waals surface area contributed by atoms with Gasteiger partial charge in [0.25, 0.3) is 0 Å². The Balaban J connectivity index is 2.37. The van der Waals surface area contributed by atoms with E-state index in [0.717, 1.165) is 32.2 Å². The molecule has 1 fully saturated rings. The molecule has 86 valence electrons. The number of carbonyl (C=O) groups excluding carboxylic acids is 1. The zero-order chi connectivity index (χ0) is 11.3. The van der Waals surface area contributed by atoms with Gasteiger partial charge in [-0.05, 0) is 46.1 Å². The van der Waals surface area contributed by atoms with Crippen molar-refractivity contribution in [2.75, 3.05) is 6.54 Å². The summed E-state index contributed by atoms with van der Waals surface area (Å²) in [5, 5.41) is 3.14. The number of esters is 1. The lowest BCUT2D eigenvalue weighted by molar-refractivity contribution is -0.159. The molecule has 1 heterocycles. The summed E-state index contributed by atoms with van der Waals surface area (Å²) < 4.78 is 5.47. The molecule has 0 aromatic rings. The number of carbonyl (C=O) groups is 1. The van der Waals surface area contributed by atoms with E-state index in [1.54, 1.807) is 0 Å². The van der Waals surface area contributed by atoms with E-state index in [4.69, 9.17) is 4.74 Å². The number of nitrogens with one attached hydrogen (secondary N) is 1. The molecule has 0 radical (unpaired) electrons. The van der Waals surface area contributed by atoms with Crippen molar-refractivity contribution in [1.29, 1.82) is 0 Å². The second kappa shape index (κ2) is 5.31. The average molecular weight is 211 g/mol. The highest BCUT2D eigenvalue weighted by atomic mass is 16.6. The van der Waals surface area contributed by atoms with E-state index in [0.29, 0.717) is 0 Å². The molecule has 0 saturated carbocycles. The van der Waals surface area contributed by atoms with Crippen molar-refractivity contribution in [1.82, 2.24) is 5.32 Å². The number of rotatable bonds is 5. The number of allylic oxidation sites excluding steroid dienone is 1. The van der Waals surface area contributed by atoms with Gasteiger partial charge in [0.15, 0.2) is 0 Å². The summed E-state index contributed by atoms with van der Waals surface area (Å²) in [6.07, 6.45) is 5.51. The minimum atomic E-state index is -0.379. The Morgan fingerprint density at radius 3 is 2.93 bits per heavy atom. The minimum Gasteiger partial charge on any atom is -0.458 e. The SMILES string of the molecule is C=CCCC(C)(C)OC(=O)[C@@H]1CCCN1. The van der Waals surface area contributed by atoms with Crippen LogP contribution in [0.15, 0.2) is 12.7 Å². The summed E-state index contributed by atoms with van der Waals surface area (Å²) >= 11 is 0. The van der Waals surface area contributed by atoms with Gasteiger partial charge in [0.2, 0.25) is 0 Å². The molecule has 1 aliphatic heterocycles. The lowest BCUT2D eigenvalue weighted by Gasteiger charge is -2.26. The molecule has 0 aromatic heterocycles. The zero-order valence-electron chi connectivity index (χ0n) is 9.71. The van der Waals surface area contributed by atoms with Gasteiger partial charge in [-0.2, -0.15) is 0 Å². The molecule has 0 spiro atoms. The van der Waals surface area contributed by atoms with Gasteiger partial charge in [-0.1, -0.05) is 6.08 Å². The minimum absolute atomic E-state index is 0.0898. The van der Waals surface area contributed by atoms with Crippen molar-refractivity contribution in [2.45, 2.75) is 51.2 Å². The van der Waals surface area contributed by atoms with E-state index in [1.165, 1.54) is 0 Å². The maximum absolute atomic E-state index is 11.7. The van der Waals surface area contributed by atoms with Gasteiger partial charge in [0.1, 0.15) is 11.6 Å². The van der Waals surface area contributed by atoms with Crippen molar-refractivity contribution in [3.8, 4) is 0 Å². The lowest BCUT2D eigenvalue weighted by Crippen LogP contribution is -2.38. The largest absolute Gasteiger partial charge is 0.458 e. The van der Waals surface area contributed by atoms with Gasteiger partial charge < -0.3 is 10.1 Å². The van der Waals surface area contributed by atoms with Crippen LogP contribution in [0.2, 0.25) is 0 Å². The third-order valence-electron chi connectivity index (χ3n) is 2.67. The Labute approximate surface area is 91.9 Å². The molecular formula is C12H21NO2. The third kappa shape index (κ3) is 4.04. The topological polar surface area (TPSA) is 38.3 Å². The van der Waals surface area contributed by atoms with E-state index in [9.17, 15) is 4.79 Å². The van der Waals surface area contributed by atoms with Gasteiger partial charge >= 0.3 is 5.97 Å². The molecule has 0 aromatic carbocycles. The standard InChI is InChI=1S/C12H21NO2/c1-4-5-8-12(2,3)15-11(14)10-7-6-9-13-10/h4,10,13H,1,5-9H2,2-3H3/t10-/m0/s1. The molecule has 3 nitrogen and oxygen atoms in total. The van der Waals surface area contributed by atoms with Crippen molar-refractivity contribution in [3.63, 3.8) is 0 Å². The smallest absolute Gasteiger partial charge is 0.323 e. The fraction of sp³-hybridized carbons (Fsp3) is 0.750. The lowest BCUT2D eigenvalue weighted by atomic mass is 10.0. The van der Waals surface area contributed by atoms with Gasteiger partial charge in [-0.15, -0.1) is 6.58 Å². The van der Waals surface area contributed by atoms with Gasteiger partial charge in [0, 0.05) is 0 Å². The Hall–Kier alpha value is -0.830. The molecule has 0 aliphatic carbocycles. The normalized spacial score (nSPS) is 21.3. The van der Waals surface area contributed by atoms with Crippen molar-refractivity contribution in [3.05, 3.63) is 12.7 Å². The predicted octanol–water partition coefficient (Wildman–Crippen LogP) is 2.03. The Morgan fingerprint density at radius 2 is 2.40 bits per heavy atom. The van der Waals surface area contributed by atoms with Crippen LogP contribution in [0.1, 0.15) is 39.5 Å². The first kappa shape index (κ1) is 12.2. The van der Waals surface area contributed by atoms with Crippen LogP contribution >= 0.6 is 0 Å². The highest BCUT2D eigenvalue weighted by Gasteiger charge is 2.29. The Kier molecular flexibility index (Phi) is 4.33. The first-order valence-corrected chi connectivity index (χ1v) is 5.62. The molecule has 3 heteroatoms. The van der Waals surface area contributed by atoms with E-state index in [1.807, 2.05) is 19.9 Å². The van der Waals surface area contributed by atoms with E-state index in [2.05, 4.69) is 11.9 Å². The molecule has 1 N–H and O–H groups in total. The Bertz CT molecular complexity index is 230. The molecule has 1 atom stereocenters. The van der Waals surface area contributed by atoms with Crippen LogP contribution in [-0.4, -0.2) is 24.2 Å². The van der Waals surface area contributed by atoms with Gasteiger partial charge in [-0.3, -0.25) is 4.79 Å². The molecule has 0 bridgehead atoms. The second-order valence-electron chi connectivity index (χ2n) is 4.66. The average Bonchev–Trinajstić information content (AvgIpc) is 2.67. The molecule has 0 unspecified atom stereocenters. The Morgan fingerprint density at radius 1 is 1.67 bits per heavy atom. The maximum Gasteiger partial charge on any atom is 0.323 e. The fourth-order valence-corrected chi connectivity index (χ4v) is 1.73. The van der Waals surface area contributed by atoms with E-state index in [-0.39, 0.29) is 17.6 Å². The van der Waals surface area contributed by atoms with Crippen molar-refractivity contribution in [2.24, 2.45) is 0 Å². The summed E-state index contributed by atoms with van der Waals surface area (Å²) in [4.78, 5) is 11.7. The van der Waals surface area contributed by atoms with Crippen LogP contribution in [0.3, 0.4) is 0 Å². The van der Waals surface area contributed by atoms with Crippen LogP contribution < -0.4 is 5.32 Å². The van der Waals surface area contributed by atoms with Crippen LogP contribution in [-0.2, 0) is 9.53 Å². The van der Waals surface area contributed by atoms with Crippen LogP contribution in [0, 0.1) is 0 Å². The predicted molar refractivity (Wildman–Crippen MR) is 60.6 cm³/mol. The summed E-state index contributed by atoms with van der Waals surface area (Å²) in [5.74, 6) is -0.110. The third-order valence-corrected chi connectivity index (χ3v) is 2.67. The van der Waals surface area contributed by atoms with Crippen LogP contribution in [0.5, 0.6) is 0 Å². The quantitative estimate of drug-likeness (QED) is 0.558. The zero-order valence-corrected chi connectivity index (χ0v) is 9.71. The first-order valence-electron chi connectivity index (χ1n) is 5.62. The molecule has 1 saturated heterocycles. The second-order valence-corrected chi connectivity index (χ2v) is 4.66. The molecule has 1 rings (SSSR count). The van der Waals surface area contributed by atoms with Gasteiger partial charge in [-0.25, -0.2) is 0 Å². The monoisotopic (exact) mass is 211 g/mol. The number of ether oxygens (including phenoxy) is 1. The van der Waals surface area contributed by atoms with E-state index < -0.39 is 0 Å². The van der Waals surface area contributed by atoms with Gasteiger partial charge in [0.05, 0.1) is 0 Å². The van der Waals surface area contributed by atoms with Crippen molar-refractivity contribution >= 4 is 5.97 Å². The number of hydrogen-bond donors (Lipinski definition) is 1. The van der Waals surface area contributed by atoms with Crippen LogP contribution in [0.4, 0.5) is 0 Å². The molecular weight excluding hydrogens is 190 g/mol. The molecule has 15 heavy (non-hydrogen) atoms. The first-order chi connectivity index (χ1) is 7.05. The highest BCUT2D eigenvalue weighted by molar-refractivity contribution is 5.76. The summed E-state index contributed by atoms with van der Waals surface area (Å²) in [6, 6.07) is -0.0898. The van der Waals surface area contributed by atoms with E-state index >= 15 is 0 Å². The summed E-state index contributed by atoms with van der Waals surface area (Å²) in [5.41, 5.74) is -0.379. The van der Waals surface area contributed by atoms with Crippen molar-refractivity contribution < 1.29 is 9.53 Å². The summed E-state index contributed by atoms with van der Waals surface area (Å²) in [7, 11) is 0.